The molecular formula is C9H15N3O3. The van der Waals surface area contributed by atoms with Crippen LogP contribution in [0.5, 0.6) is 0 Å². The van der Waals surface area contributed by atoms with Gasteiger partial charge in [-0.15, -0.1) is 0 Å². The van der Waals surface area contributed by atoms with Crippen LogP contribution in [0.2, 0.25) is 0 Å². The van der Waals surface area contributed by atoms with Gasteiger partial charge in [0.15, 0.2) is 0 Å². The van der Waals surface area contributed by atoms with Gasteiger partial charge in [-0.1, -0.05) is 0 Å². The highest BCUT2D eigenvalue weighted by molar-refractivity contribution is 5.35. The van der Waals surface area contributed by atoms with Crippen molar-refractivity contribution in [3.63, 3.8) is 0 Å². The monoisotopic (exact) mass is 213 g/mol. The fraction of sp³-hybridized carbons (Fsp3) is 0.556. The molecule has 1 rings (SSSR count). The highest BCUT2D eigenvalue weighted by atomic mass is 16.5. The lowest BCUT2D eigenvalue weighted by Crippen LogP contribution is -2.28. The lowest BCUT2D eigenvalue weighted by molar-refractivity contribution is 0.0210. The Morgan fingerprint density at radius 2 is 2.40 bits per heavy atom. The molecule has 0 amide bonds. The molecule has 0 fully saturated rings. The number of aliphatic hydroxyl groups is 1. The van der Waals surface area contributed by atoms with Crippen LogP contribution in [0.4, 0.5) is 5.82 Å². The molecule has 0 radical (unpaired) electrons. The summed E-state index contributed by atoms with van der Waals surface area (Å²) < 4.78 is 6.55. The van der Waals surface area contributed by atoms with Gasteiger partial charge in [-0.3, -0.25) is 4.57 Å². The van der Waals surface area contributed by atoms with E-state index >= 15 is 0 Å². The number of nitrogens with zero attached hydrogens (tertiary/aromatic N) is 2. The molecular weight excluding hydrogens is 198 g/mol. The molecule has 15 heavy (non-hydrogen) atoms. The van der Waals surface area contributed by atoms with Crippen LogP contribution in [0.25, 0.3) is 0 Å². The van der Waals surface area contributed by atoms with Crippen molar-refractivity contribution in [2.45, 2.75) is 26.7 Å². The first kappa shape index (κ1) is 11.7. The van der Waals surface area contributed by atoms with Gasteiger partial charge >= 0.3 is 5.69 Å². The molecule has 0 aliphatic carbocycles. The van der Waals surface area contributed by atoms with E-state index in [0.29, 0.717) is 12.2 Å². The highest BCUT2D eigenvalue weighted by Crippen LogP contribution is 2.09. The van der Waals surface area contributed by atoms with Gasteiger partial charge in [0.2, 0.25) is 0 Å². The second kappa shape index (κ2) is 4.90. The summed E-state index contributed by atoms with van der Waals surface area (Å²) in [5.41, 5.74) is 5.39. The Morgan fingerprint density at radius 1 is 1.73 bits per heavy atom. The number of ether oxygens (including phenoxy) is 1. The van der Waals surface area contributed by atoms with Crippen LogP contribution in [0.15, 0.2) is 11.0 Å². The van der Waals surface area contributed by atoms with Crippen LogP contribution in [0, 0.1) is 0 Å². The number of nitrogens with two attached hydrogens (primary N) is 1. The van der Waals surface area contributed by atoms with Crippen molar-refractivity contribution in [1.82, 2.24) is 9.55 Å². The molecule has 0 aliphatic rings. The van der Waals surface area contributed by atoms with E-state index in [9.17, 15) is 4.79 Å². The van der Waals surface area contributed by atoms with Crippen molar-refractivity contribution in [2.24, 2.45) is 0 Å². The fourth-order valence-corrected chi connectivity index (χ4v) is 1.23. The Bertz CT molecular complexity index is 389. The van der Waals surface area contributed by atoms with E-state index in [1.807, 2.05) is 6.92 Å². The summed E-state index contributed by atoms with van der Waals surface area (Å²) in [5, 5.41) is 8.97. The average molecular weight is 213 g/mol. The minimum absolute atomic E-state index is 0.0578. The van der Waals surface area contributed by atoms with Gasteiger partial charge in [-0.25, -0.2) is 4.79 Å². The highest BCUT2D eigenvalue weighted by Gasteiger charge is 2.10. The minimum Gasteiger partial charge on any atom is -0.391 e. The molecule has 3 N–H and O–H groups in total. The van der Waals surface area contributed by atoms with Crippen molar-refractivity contribution in [3.05, 3.63) is 22.2 Å². The first-order valence-corrected chi connectivity index (χ1v) is 4.70. The third-order valence-corrected chi connectivity index (χ3v) is 2.03. The van der Waals surface area contributed by atoms with Gasteiger partial charge in [-0.2, -0.15) is 4.98 Å². The molecule has 0 aromatic carbocycles. The van der Waals surface area contributed by atoms with E-state index in [4.69, 9.17) is 15.6 Å². The lowest BCUT2D eigenvalue weighted by atomic mass is 10.3. The Hall–Kier alpha value is -1.40. The van der Waals surface area contributed by atoms with Gasteiger partial charge in [0.1, 0.15) is 12.0 Å². The van der Waals surface area contributed by atoms with Gasteiger partial charge in [0.05, 0.1) is 6.61 Å². The van der Waals surface area contributed by atoms with E-state index in [2.05, 4.69) is 4.98 Å². The van der Waals surface area contributed by atoms with Crippen LogP contribution >= 0.6 is 0 Å². The molecule has 1 heterocycles. The number of hydrogen-bond acceptors (Lipinski definition) is 5. The smallest absolute Gasteiger partial charge is 0.351 e. The number of nitrogen functional groups attached to an aromatic ring is 1. The van der Waals surface area contributed by atoms with Crippen LogP contribution in [-0.2, 0) is 11.3 Å². The number of rotatable bonds is 4. The van der Waals surface area contributed by atoms with Crippen molar-refractivity contribution in [2.75, 3.05) is 12.3 Å². The molecule has 0 saturated heterocycles. The van der Waals surface area contributed by atoms with E-state index < -0.39 is 11.9 Å². The first-order chi connectivity index (χ1) is 7.10. The normalized spacial score (nSPS) is 12.7. The first-order valence-electron chi connectivity index (χ1n) is 4.70. The maximum absolute atomic E-state index is 11.4. The molecule has 6 heteroatoms. The summed E-state index contributed by atoms with van der Waals surface area (Å²) in [7, 11) is 0. The van der Waals surface area contributed by atoms with E-state index in [1.165, 1.54) is 10.8 Å². The maximum atomic E-state index is 11.4. The third-order valence-electron chi connectivity index (χ3n) is 2.03. The molecule has 0 saturated carbocycles. The zero-order valence-electron chi connectivity index (χ0n) is 8.80. The van der Waals surface area contributed by atoms with Crippen molar-refractivity contribution in [1.29, 1.82) is 0 Å². The van der Waals surface area contributed by atoms with E-state index in [0.717, 1.165) is 0 Å². The molecule has 6 nitrogen and oxygen atoms in total. The molecule has 1 atom stereocenters. The Balaban J connectivity index is 3.12. The summed E-state index contributed by atoms with van der Waals surface area (Å²) in [5.74, 6) is 0.0578. The van der Waals surface area contributed by atoms with Gasteiger partial charge < -0.3 is 15.6 Å². The molecule has 0 aliphatic heterocycles. The summed E-state index contributed by atoms with van der Waals surface area (Å²) in [6.45, 7) is 3.80. The summed E-state index contributed by atoms with van der Waals surface area (Å²) in [6.07, 6.45) is 1.05. The van der Waals surface area contributed by atoms with Gasteiger partial charge in [0.25, 0.3) is 0 Å². The van der Waals surface area contributed by atoms with Crippen LogP contribution in [0.1, 0.15) is 25.6 Å². The van der Waals surface area contributed by atoms with Crippen molar-refractivity contribution in [3.8, 4) is 0 Å². The fourth-order valence-electron chi connectivity index (χ4n) is 1.23. The topological polar surface area (TPSA) is 90.4 Å². The van der Waals surface area contributed by atoms with Crippen LogP contribution < -0.4 is 11.4 Å². The quantitative estimate of drug-likeness (QED) is 0.727. The molecule has 0 bridgehead atoms. The predicted octanol–water partition coefficient (Wildman–Crippen LogP) is -0.127. The standard InChI is InChI=1S/C9H15N3O3/c1-3-15-6(2)12-4-7(5-13)8(10)11-9(12)14/h4,6,13H,3,5H2,1-2H3,(H2,10,11,14). The summed E-state index contributed by atoms with van der Waals surface area (Å²) >= 11 is 0. The molecule has 0 spiro atoms. The van der Waals surface area contributed by atoms with Crippen molar-refractivity contribution >= 4 is 5.82 Å². The number of aliphatic hydroxyl groups excluding tert-OH is 1. The molecule has 1 aromatic rings. The third kappa shape index (κ3) is 2.54. The summed E-state index contributed by atoms with van der Waals surface area (Å²) in [6, 6.07) is 0. The SMILES string of the molecule is CCOC(C)n1cc(CO)c(N)nc1=O. The average Bonchev–Trinajstić information content (AvgIpc) is 2.18. The molecule has 1 aromatic heterocycles. The van der Waals surface area contributed by atoms with E-state index in [-0.39, 0.29) is 12.4 Å². The maximum Gasteiger partial charge on any atom is 0.351 e. The number of hydrogen-bond donors (Lipinski definition) is 2. The molecule has 1 unspecified atom stereocenters. The molecule has 84 valence electrons. The second-order valence-electron chi connectivity index (χ2n) is 3.05. The van der Waals surface area contributed by atoms with Crippen molar-refractivity contribution < 1.29 is 9.84 Å². The van der Waals surface area contributed by atoms with E-state index in [1.54, 1.807) is 6.92 Å². The Kier molecular flexibility index (Phi) is 3.81. The minimum atomic E-state index is -0.481. The number of aromatic nitrogens is 2. The van der Waals surface area contributed by atoms with Crippen LogP contribution in [-0.4, -0.2) is 21.3 Å². The Labute approximate surface area is 87.3 Å². The zero-order valence-corrected chi connectivity index (χ0v) is 8.80. The zero-order chi connectivity index (χ0) is 11.4. The largest absolute Gasteiger partial charge is 0.391 e. The Morgan fingerprint density at radius 3 is 2.93 bits per heavy atom. The lowest BCUT2D eigenvalue weighted by Gasteiger charge is -2.15. The summed E-state index contributed by atoms with van der Waals surface area (Å²) in [4.78, 5) is 15.0. The van der Waals surface area contributed by atoms with Gasteiger partial charge in [-0.05, 0) is 13.8 Å². The van der Waals surface area contributed by atoms with Gasteiger partial charge in [0, 0.05) is 18.4 Å². The second-order valence-corrected chi connectivity index (χ2v) is 3.05. The number of anilines is 1. The predicted molar refractivity (Wildman–Crippen MR) is 55.2 cm³/mol. The van der Waals surface area contributed by atoms with Crippen LogP contribution in [0.3, 0.4) is 0 Å².